The lowest BCUT2D eigenvalue weighted by Gasteiger charge is -2.12. The van der Waals surface area contributed by atoms with Crippen LogP contribution in [0, 0.1) is 0 Å². The third-order valence-corrected chi connectivity index (χ3v) is 6.27. The maximum absolute atomic E-state index is 13.0. The molecule has 5 rings (SSSR count). The van der Waals surface area contributed by atoms with Crippen LogP contribution in [-0.2, 0) is 19.9 Å². The van der Waals surface area contributed by atoms with E-state index in [2.05, 4.69) is 10.4 Å². The number of hydrogen-bond acceptors (Lipinski definition) is 5. The molecule has 0 spiro atoms. The van der Waals surface area contributed by atoms with E-state index in [4.69, 9.17) is 4.98 Å². The third-order valence-electron chi connectivity index (χ3n) is 5.09. The van der Waals surface area contributed by atoms with Crippen LogP contribution in [0.25, 0.3) is 15.9 Å². The SMILES string of the molecule is Cn1c(Nc2ccc(-n3cccn3)cc2)nc2sc3c(c2c1=O)CCCC3. The van der Waals surface area contributed by atoms with Gasteiger partial charge in [-0.2, -0.15) is 5.10 Å². The highest BCUT2D eigenvalue weighted by Crippen LogP contribution is 2.34. The molecule has 0 bridgehead atoms. The number of benzene rings is 1. The van der Waals surface area contributed by atoms with Crippen molar-refractivity contribution in [3.63, 3.8) is 0 Å². The van der Waals surface area contributed by atoms with Crippen LogP contribution in [0.5, 0.6) is 0 Å². The van der Waals surface area contributed by atoms with E-state index in [1.165, 1.54) is 16.9 Å². The van der Waals surface area contributed by atoms with Gasteiger partial charge < -0.3 is 5.32 Å². The molecule has 4 aromatic rings. The highest BCUT2D eigenvalue weighted by Gasteiger charge is 2.21. The molecule has 1 N–H and O–H groups in total. The predicted octanol–water partition coefficient (Wildman–Crippen LogP) is 3.80. The van der Waals surface area contributed by atoms with Crippen LogP contribution in [0.2, 0.25) is 0 Å². The zero-order valence-electron chi connectivity index (χ0n) is 15.0. The van der Waals surface area contributed by atoms with Crippen molar-refractivity contribution in [3.8, 4) is 5.69 Å². The van der Waals surface area contributed by atoms with Crippen molar-refractivity contribution in [2.75, 3.05) is 5.32 Å². The second-order valence-corrected chi connectivity index (χ2v) is 7.90. The summed E-state index contributed by atoms with van der Waals surface area (Å²) in [5, 5.41) is 8.34. The second kappa shape index (κ2) is 6.35. The van der Waals surface area contributed by atoms with Gasteiger partial charge in [0.15, 0.2) is 0 Å². The molecule has 0 amide bonds. The predicted molar refractivity (Wildman–Crippen MR) is 108 cm³/mol. The van der Waals surface area contributed by atoms with Gasteiger partial charge in [-0.3, -0.25) is 9.36 Å². The summed E-state index contributed by atoms with van der Waals surface area (Å²) in [5.41, 5.74) is 3.13. The molecule has 0 fully saturated rings. The third kappa shape index (κ3) is 2.75. The zero-order valence-corrected chi connectivity index (χ0v) is 15.8. The number of aromatic nitrogens is 4. The van der Waals surface area contributed by atoms with Gasteiger partial charge in [-0.25, -0.2) is 9.67 Å². The standard InChI is InChI=1S/C20H19N5OS/c1-24-19(26)17-15-5-2-3-6-16(15)27-18(17)23-20(24)22-13-7-9-14(10-8-13)25-12-4-11-21-25/h4,7-12H,2-3,5-6H2,1H3,(H,22,23). The first kappa shape index (κ1) is 16.3. The molecule has 27 heavy (non-hydrogen) atoms. The molecular weight excluding hydrogens is 358 g/mol. The largest absolute Gasteiger partial charge is 0.325 e. The molecule has 0 aliphatic heterocycles. The Bertz CT molecular complexity index is 1170. The Morgan fingerprint density at radius 1 is 1.15 bits per heavy atom. The Labute approximate surface area is 160 Å². The summed E-state index contributed by atoms with van der Waals surface area (Å²) in [5.74, 6) is 0.568. The van der Waals surface area contributed by atoms with E-state index in [-0.39, 0.29) is 5.56 Å². The van der Waals surface area contributed by atoms with Gasteiger partial charge in [-0.1, -0.05) is 0 Å². The van der Waals surface area contributed by atoms with Crippen molar-refractivity contribution >= 4 is 33.2 Å². The van der Waals surface area contributed by atoms with Crippen molar-refractivity contribution in [3.05, 3.63) is 63.5 Å². The minimum atomic E-state index is 0.0371. The Morgan fingerprint density at radius 3 is 2.74 bits per heavy atom. The van der Waals surface area contributed by atoms with Gasteiger partial charge in [0.2, 0.25) is 5.95 Å². The van der Waals surface area contributed by atoms with E-state index >= 15 is 0 Å². The van der Waals surface area contributed by atoms with Gasteiger partial charge in [0.1, 0.15) is 4.83 Å². The van der Waals surface area contributed by atoms with Crippen LogP contribution in [0.1, 0.15) is 23.3 Å². The maximum Gasteiger partial charge on any atom is 0.263 e. The zero-order chi connectivity index (χ0) is 18.4. The normalized spacial score (nSPS) is 13.7. The molecule has 6 nitrogen and oxygen atoms in total. The minimum absolute atomic E-state index is 0.0371. The topological polar surface area (TPSA) is 64.7 Å². The highest BCUT2D eigenvalue weighted by atomic mass is 32.1. The summed E-state index contributed by atoms with van der Waals surface area (Å²) >= 11 is 1.67. The molecule has 0 saturated carbocycles. The monoisotopic (exact) mass is 377 g/mol. The van der Waals surface area contributed by atoms with Gasteiger partial charge in [0.05, 0.1) is 11.1 Å². The van der Waals surface area contributed by atoms with Crippen LogP contribution >= 0.6 is 11.3 Å². The summed E-state index contributed by atoms with van der Waals surface area (Å²) in [4.78, 5) is 19.9. The quantitative estimate of drug-likeness (QED) is 0.590. The Balaban J connectivity index is 1.52. The number of aryl methyl sites for hydroxylation is 2. The Hall–Kier alpha value is -2.93. The first-order chi connectivity index (χ1) is 13.2. The van der Waals surface area contributed by atoms with Crippen molar-refractivity contribution in [1.82, 2.24) is 19.3 Å². The van der Waals surface area contributed by atoms with Crippen LogP contribution in [0.4, 0.5) is 11.6 Å². The number of nitrogens with one attached hydrogen (secondary N) is 1. The minimum Gasteiger partial charge on any atom is -0.325 e. The van der Waals surface area contributed by atoms with E-state index in [1.807, 2.05) is 36.5 Å². The van der Waals surface area contributed by atoms with Crippen LogP contribution in [-0.4, -0.2) is 19.3 Å². The molecule has 0 atom stereocenters. The molecule has 136 valence electrons. The second-order valence-electron chi connectivity index (χ2n) is 6.81. The van der Waals surface area contributed by atoms with Crippen LogP contribution < -0.4 is 10.9 Å². The van der Waals surface area contributed by atoms with E-state index in [9.17, 15) is 4.79 Å². The molecule has 0 radical (unpaired) electrons. The fourth-order valence-corrected chi connectivity index (χ4v) is 4.90. The van der Waals surface area contributed by atoms with E-state index in [1.54, 1.807) is 33.8 Å². The van der Waals surface area contributed by atoms with Crippen LogP contribution in [0.15, 0.2) is 47.5 Å². The van der Waals surface area contributed by atoms with Gasteiger partial charge in [-0.05, 0) is 61.6 Å². The number of rotatable bonds is 3. The molecule has 0 unspecified atom stereocenters. The maximum atomic E-state index is 13.0. The summed E-state index contributed by atoms with van der Waals surface area (Å²) in [6, 6.07) is 9.78. The summed E-state index contributed by atoms with van der Waals surface area (Å²) < 4.78 is 3.42. The first-order valence-corrected chi connectivity index (χ1v) is 9.91. The molecule has 1 aromatic carbocycles. The van der Waals surface area contributed by atoms with Crippen molar-refractivity contribution in [2.24, 2.45) is 7.05 Å². The molecule has 1 aliphatic rings. The van der Waals surface area contributed by atoms with Gasteiger partial charge in [0, 0.05) is 30.0 Å². The summed E-state index contributed by atoms with van der Waals surface area (Å²) in [7, 11) is 1.78. The Morgan fingerprint density at radius 2 is 1.96 bits per heavy atom. The lowest BCUT2D eigenvalue weighted by Crippen LogP contribution is -2.21. The van der Waals surface area contributed by atoms with Crippen molar-refractivity contribution in [2.45, 2.75) is 25.7 Å². The number of nitrogens with zero attached hydrogens (tertiary/aromatic N) is 4. The fraction of sp³-hybridized carbons (Fsp3) is 0.250. The first-order valence-electron chi connectivity index (χ1n) is 9.09. The lowest BCUT2D eigenvalue weighted by molar-refractivity contribution is 0.699. The van der Waals surface area contributed by atoms with Gasteiger partial charge in [-0.15, -0.1) is 11.3 Å². The number of anilines is 2. The average Bonchev–Trinajstić information content (AvgIpc) is 3.34. The fourth-order valence-electron chi connectivity index (χ4n) is 3.65. The smallest absolute Gasteiger partial charge is 0.263 e. The molecule has 0 saturated heterocycles. The average molecular weight is 377 g/mol. The molecular formula is C20H19N5OS. The van der Waals surface area contributed by atoms with Crippen LogP contribution in [0.3, 0.4) is 0 Å². The van der Waals surface area contributed by atoms with Crippen molar-refractivity contribution < 1.29 is 0 Å². The van der Waals surface area contributed by atoms with E-state index < -0.39 is 0 Å². The summed E-state index contributed by atoms with van der Waals surface area (Å²) in [6.45, 7) is 0. The van der Waals surface area contributed by atoms with E-state index in [0.29, 0.717) is 5.95 Å². The van der Waals surface area contributed by atoms with Gasteiger partial charge >= 0.3 is 0 Å². The van der Waals surface area contributed by atoms with E-state index in [0.717, 1.165) is 40.9 Å². The Kier molecular flexibility index (Phi) is 3.82. The molecule has 7 heteroatoms. The lowest BCUT2D eigenvalue weighted by atomic mass is 9.97. The number of hydrogen-bond donors (Lipinski definition) is 1. The molecule has 1 aliphatic carbocycles. The molecule has 3 aromatic heterocycles. The highest BCUT2D eigenvalue weighted by molar-refractivity contribution is 7.18. The molecule has 3 heterocycles. The van der Waals surface area contributed by atoms with Crippen molar-refractivity contribution in [1.29, 1.82) is 0 Å². The van der Waals surface area contributed by atoms with Gasteiger partial charge in [0.25, 0.3) is 5.56 Å². The summed E-state index contributed by atoms with van der Waals surface area (Å²) in [6.07, 6.45) is 8.07. The number of fused-ring (bicyclic) bond motifs is 3. The number of thiophene rings is 1.